The first kappa shape index (κ1) is 59.7. The summed E-state index contributed by atoms with van der Waals surface area (Å²) in [7, 11) is -8.25. The number of aliphatic hydroxyl groups excluding tert-OH is 2. The van der Waals surface area contributed by atoms with Gasteiger partial charge in [0, 0.05) is 38.8 Å². The molecule has 76 heavy (non-hydrogen) atoms. The zero-order chi connectivity index (χ0) is 55.2. The SMILES string of the molecule is C[C@H](CCC(=O)NCCS(=O)(=O)O)[C@H]1CC[C@H]2[C@H]3C(CC[C@]12C)[C@@]1(C)CC[C@@H](OC(=O)CCCCC(=O)O[C@H]2CC[C@]4(C)C(C2)C[C@@H](O)[C@@H]2C5CC[C@@H]([C@@H](C)CCC(=O)NCCS(=O)(=O)O)[C@]5(C)CC[C@H]24)CC1C[C@@H]3O. The summed E-state index contributed by atoms with van der Waals surface area (Å²) in [6.45, 7) is 13.9. The summed E-state index contributed by atoms with van der Waals surface area (Å²) in [6.07, 6.45) is 17.6. The lowest BCUT2D eigenvalue weighted by Gasteiger charge is -2.62. The van der Waals surface area contributed by atoms with E-state index in [4.69, 9.17) is 18.6 Å². The molecule has 18 heteroatoms. The molecule has 8 aliphatic rings. The van der Waals surface area contributed by atoms with Crippen LogP contribution in [-0.4, -0.2) is 109 Å². The number of nitrogens with one attached hydrogen (secondary N) is 2. The Morgan fingerprint density at radius 1 is 0.513 bits per heavy atom. The van der Waals surface area contributed by atoms with Crippen molar-refractivity contribution in [3.8, 4) is 0 Å². The van der Waals surface area contributed by atoms with Crippen molar-refractivity contribution in [2.75, 3.05) is 24.6 Å². The van der Waals surface area contributed by atoms with Gasteiger partial charge in [-0.05, 0) is 221 Å². The molecule has 8 aliphatic carbocycles. The van der Waals surface area contributed by atoms with Crippen LogP contribution in [-0.2, 0) is 48.9 Å². The van der Waals surface area contributed by atoms with E-state index in [9.17, 15) is 46.2 Å². The average molecular weight is 1110 g/mol. The van der Waals surface area contributed by atoms with Crippen molar-refractivity contribution in [1.29, 1.82) is 0 Å². The minimum Gasteiger partial charge on any atom is -0.462 e. The topological polar surface area (TPSA) is 260 Å². The van der Waals surface area contributed by atoms with E-state index in [0.29, 0.717) is 98.7 Å². The Morgan fingerprint density at radius 3 is 1.24 bits per heavy atom. The van der Waals surface area contributed by atoms with Crippen molar-refractivity contribution in [1.82, 2.24) is 10.6 Å². The van der Waals surface area contributed by atoms with Gasteiger partial charge in [0.25, 0.3) is 20.2 Å². The largest absolute Gasteiger partial charge is 0.462 e. The second kappa shape index (κ2) is 23.6. The van der Waals surface area contributed by atoms with Crippen molar-refractivity contribution < 1.29 is 64.8 Å². The van der Waals surface area contributed by atoms with Gasteiger partial charge in [-0.2, -0.15) is 16.8 Å². The maximum Gasteiger partial charge on any atom is 0.306 e. The lowest BCUT2D eigenvalue weighted by Crippen LogP contribution is -2.58. The maximum absolute atomic E-state index is 13.2. The smallest absolute Gasteiger partial charge is 0.306 e. The Morgan fingerprint density at radius 2 is 0.868 bits per heavy atom. The number of carbonyl (C=O) groups is 4. The van der Waals surface area contributed by atoms with Gasteiger partial charge in [0.05, 0.1) is 23.7 Å². The molecular weight excluding hydrogens is 1010 g/mol. The van der Waals surface area contributed by atoms with Crippen LogP contribution >= 0.6 is 0 Å². The average Bonchev–Trinajstić information content (AvgIpc) is 3.92. The summed E-state index contributed by atoms with van der Waals surface area (Å²) >= 11 is 0. The minimum absolute atomic E-state index is 0.0677. The maximum atomic E-state index is 13.2. The Labute approximate surface area is 454 Å². The molecule has 20 atom stereocenters. The van der Waals surface area contributed by atoms with Crippen LogP contribution in [0.15, 0.2) is 0 Å². The van der Waals surface area contributed by atoms with Crippen LogP contribution in [0.3, 0.4) is 0 Å². The quantitative estimate of drug-likeness (QED) is 0.0358. The number of hydrogen-bond acceptors (Lipinski definition) is 12. The first-order valence-electron chi connectivity index (χ1n) is 29.8. The Hall–Kier alpha value is -2.38. The van der Waals surface area contributed by atoms with E-state index in [0.717, 1.165) is 89.9 Å². The molecule has 0 aromatic heterocycles. The fraction of sp³-hybridized carbons (Fsp3) is 0.931. The van der Waals surface area contributed by atoms with Crippen LogP contribution in [0, 0.1) is 92.7 Å². The van der Waals surface area contributed by atoms with Gasteiger partial charge in [-0.1, -0.05) is 41.5 Å². The molecule has 0 spiro atoms. The first-order chi connectivity index (χ1) is 35.6. The van der Waals surface area contributed by atoms with Crippen molar-refractivity contribution in [2.45, 2.75) is 220 Å². The van der Waals surface area contributed by atoms with Crippen LogP contribution < -0.4 is 10.6 Å². The predicted octanol–water partition coefficient (Wildman–Crippen LogP) is 8.47. The Balaban J connectivity index is 0.733. The Bertz CT molecular complexity index is 2160. The summed E-state index contributed by atoms with van der Waals surface area (Å²) in [6, 6.07) is 0. The summed E-state index contributed by atoms with van der Waals surface area (Å²) in [4.78, 5) is 51.5. The number of rotatable bonds is 21. The van der Waals surface area contributed by atoms with E-state index in [1.54, 1.807) is 0 Å². The molecule has 0 radical (unpaired) electrons. The number of ether oxygens (including phenoxy) is 2. The molecule has 6 N–H and O–H groups in total. The molecule has 8 rings (SSSR count). The summed E-state index contributed by atoms with van der Waals surface area (Å²) in [5.41, 5.74) is 0.290. The van der Waals surface area contributed by atoms with Gasteiger partial charge in [-0.15, -0.1) is 0 Å². The fourth-order valence-corrected chi connectivity index (χ4v) is 20.2. The highest BCUT2D eigenvalue weighted by Crippen LogP contribution is 2.70. The van der Waals surface area contributed by atoms with Gasteiger partial charge >= 0.3 is 11.9 Å². The van der Waals surface area contributed by atoms with E-state index in [-0.39, 0.29) is 107 Å². The van der Waals surface area contributed by atoms with Crippen LogP contribution in [0.1, 0.15) is 196 Å². The number of carbonyl (C=O) groups excluding carboxylic acids is 4. The zero-order valence-electron chi connectivity index (χ0n) is 46.7. The number of esters is 2. The summed E-state index contributed by atoms with van der Waals surface area (Å²) < 4.78 is 74.4. The lowest BCUT2D eigenvalue weighted by molar-refractivity contribution is -0.183. The lowest BCUT2D eigenvalue weighted by atomic mass is 9.43. The molecule has 2 amide bonds. The number of amides is 2. The molecule has 0 bridgehead atoms. The van der Waals surface area contributed by atoms with Crippen molar-refractivity contribution >= 4 is 44.0 Å². The molecule has 16 nitrogen and oxygen atoms in total. The zero-order valence-corrected chi connectivity index (χ0v) is 48.4. The van der Waals surface area contributed by atoms with Crippen molar-refractivity contribution in [2.24, 2.45) is 92.7 Å². The van der Waals surface area contributed by atoms with E-state index in [1.807, 2.05) is 0 Å². The molecule has 0 aromatic carbocycles. The summed E-state index contributed by atoms with van der Waals surface area (Å²) in [5.74, 6) is 2.27. The van der Waals surface area contributed by atoms with E-state index < -0.39 is 43.9 Å². The van der Waals surface area contributed by atoms with E-state index in [1.165, 1.54) is 0 Å². The van der Waals surface area contributed by atoms with E-state index >= 15 is 0 Å². The molecule has 0 aliphatic heterocycles. The van der Waals surface area contributed by atoms with Gasteiger partial charge in [-0.25, -0.2) is 0 Å². The second-order valence-corrected chi connectivity index (χ2v) is 30.5. The molecule has 8 saturated carbocycles. The first-order valence-corrected chi connectivity index (χ1v) is 33.1. The highest BCUT2D eigenvalue weighted by atomic mass is 32.2. The Kier molecular flexibility index (Phi) is 18.6. The van der Waals surface area contributed by atoms with Gasteiger partial charge in [0.2, 0.25) is 11.8 Å². The van der Waals surface area contributed by atoms with Crippen molar-refractivity contribution in [3.05, 3.63) is 0 Å². The summed E-state index contributed by atoms with van der Waals surface area (Å²) in [5, 5.41) is 29.1. The van der Waals surface area contributed by atoms with Crippen LogP contribution in [0.2, 0.25) is 0 Å². The minimum atomic E-state index is -4.13. The third-order valence-corrected chi connectivity index (χ3v) is 24.9. The third-order valence-electron chi connectivity index (χ3n) is 23.4. The van der Waals surface area contributed by atoms with Gasteiger partial charge in [0.1, 0.15) is 12.2 Å². The number of fused-ring (bicyclic) bond motifs is 10. The molecule has 0 aromatic rings. The number of unbranched alkanes of at least 4 members (excludes halogenated alkanes) is 1. The van der Waals surface area contributed by atoms with Crippen molar-refractivity contribution in [3.63, 3.8) is 0 Å². The molecule has 0 saturated heterocycles. The van der Waals surface area contributed by atoms with Crippen LogP contribution in [0.4, 0.5) is 0 Å². The molecule has 8 fully saturated rings. The molecule has 0 heterocycles. The normalized spacial score (nSPS) is 41.6. The van der Waals surface area contributed by atoms with Crippen LogP contribution in [0.25, 0.3) is 0 Å². The second-order valence-electron chi connectivity index (χ2n) is 27.3. The highest BCUT2D eigenvalue weighted by Gasteiger charge is 2.65. The number of aliphatic hydroxyl groups is 2. The molecular formula is C58H96N2O14S2. The fourth-order valence-electron chi connectivity index (χ4n) is 19.5. The number of hydrogen-bond donors (Lipinski definition) is 6. The van der Waals surface area contributed by atoms with E-state index in [2.05, 4.69) is 52.2 Å². The van der Waals surface area contributed by atoms with Gasteiger partial charge < -0.3 is 30.3 Å². The van der Waals surface area contributed by atoms with Gasteiger partial charge in [-0.3, -0.25) is 28.3 Å². The molecule has 434 valence electrons. The predicted molar refractivity (Wildman–Crippen MR) is 287 cm³/mol. The molecule has 4 unspecified atom stereocenters. The standard InChI is InChI=1S/C58H96N2O14S2/c1-35(11-17-49(63)59-27-29-75(67,68)69)41-13-15-43-53-45(21-25-57(41,43)5)55(3)23-19-39(31-37(55)33-47(53)61)73-51(65)9-7-8-10-52(66)74-40-20-24-56(4)38(32-40)34-48(62)54-44-16-14-42(58(44,6)26-22-46(54)56)36(2)12-18-50(64)60-28-30-76(70,71)72/h35-48,53-54,61-62H,7-34H2,1-6H3,(H,59,63)(H,60,64)(H,67,68,69)(H,70,71,72)/t35-,36+,37?,38?,39-,40+,41-,42+,43+,44?,45?,46-,47+,48-,53+,54-,55+,56-,57-,58+/m1/s1. The highest BCUT2D eigenvalue weighted by molar-refractivity contribution is 7.86. The third kappa shape index (κ3) is 12.9. The van der Waals surface area contributed by atoms with Gasteiger partial charge in [0.15, 0.2) is 0 Å². The van der Waals surface area contributed by atoms with Crippen LogP contribution in [0.5, 0.6) is 0 Å². The monoisotopic (exact) mass is 1110 g/mol.